The molecule has 56 heavy (non-hydrogen) atoms. The second-order valence-electron chi connectivity index (χ2n) is 16.5. The van der Waals surface area contributed by atoms with E-state index >= 15 is 0 Å². The Morgan fingerprint density at radius 2 is 1.18 bits per heavy atom. The van der Waals surface area contributed by atoms with Gasteiger partial charge in [-0.15, -0.1) is 13.2 Å². The van der Waals surface area contributed by atoms with Crippen molar-refractivity contribution in [2.75, 3.05) is 65.4 Å². The molecule has 0 aromatic carbocycles. The predicted molar refractivity (Wildman–Crippen MR) is 230 cm³/mol. The fraction of sp³-hybridized carbons (Fsp3) is 0.585. The summed E-state index contributed by atoms with van der Waals surface area (Å²) in [4.78, 5) is 53.3. The number of nitrogens with zero attached hydrogens (tertiary/aromatic N) is 6. The van der Waals surface area contributed by atoms with E-state index in [1.807, 2.05) is 78.0 Å². The summed E-state index contributed by atoms with van der Waals surface area (Å²) >= 11 is 9.88. The van der Waals surface area contributed by atoms with E-state index in [-0.39, 0.29) is 43.3 Å². The normalized spacial score (nSPS) is 24.9. The van der Waals surface area contributed by atoms with Crippen LogP contribution in [0.4, 0.5) is 9.59 Å². The average molecular weight is 972 g/mol. The SMILES string of the molecule is Brc1ccc(Br)nc1.C.C=CCN1CC2CN(C(=O)OC(C)(C)C)CC(C1)C2(O)c1ccc(Br)cn1.C=CCN1CC2CN(C(=O)OC(C)(C)C)CC(C1)C2=O. The molecular formula is C41H59Br3N6O6. The number of likely N-dealkylation sites (tertiary alicyclic amines) is 4. The summed E-state index contributed by atoms with van der Waals surface area (Å²) in [5.74, 6) is -0.174. The number of fused-ring (bicyclic) bond motifs is 4. The number of piperidine rings is 4. The molecule has 0 radical (unpaired) electrons. The van der Waals surface area contributed by atoms with Gasteiger partial charge in [-0.05, 0) is 114 Å². The van der Waals surface area contributed by atoms with Gasteiger partial charge < -0.3 is 24.4 Å². The van der Waals surface area contributed by atoms with Crippen molar-refractivity contribution in [1.29, 1.82) is 0 Å². The van der Waals surface area contributed by atoms with Crippen LogP contribution in [0, 0.1) is 23.7 Å². The maximum Gasteiger partial charge on any atom is 0.410 e. The van der Waals surface area contributed by atoms with Crippen LogP contribution in [0.5, 0.6) is 0 Å². The van der Waals surface area contributed by atoms with Crippen molar-refractivity contribution in [3.8, 4) is 0 Å². The second-order valence-corrected chi connectivity index (χ2v) is 19.1. The first-order valence-corrected chi connectivity index (χ1v) is 20.9. The van der Waals surface area contributed by atoms with E-state index in [0.717, 1.165) is 26.6 Å². The number of hydrogen-bond acceptors (Lipinski definition) is 10. The van der Waals surface area contributed by atoms with Gasteiger partial charge in [0.05, 0.1) is 5.69 Å². The number of carbonyl (C=O) groups is 3. The van der Waals surface area contributed by atoms with Gasteiger partial charge in [0.2, 0.25) is 0 Å². The van der Waals surface area contributed by atoms with Crippen molar-refractivity contribution < 1.29 is 29.0 Å². The van der Waals surface area contributed by atoms with Crippen LogP contribution in [-0.2, 0) is 19.9 Å². The Balaban J connectivity index is 0.000000254. The number of ether oxygens (including phenoxy) is 2. The Bertz CT molecular complexity index is 1590. The van der Waals surface area contributed by atoms with Gasteiger partial charge in [-0.2, -0.15) is 0 Å². The number of carbonyl (C=O) groups excluding carboxylic acids is 3. The zero-order valence-electron chi connectivity index (χ0n) is 32.7. The van der Waals surface area contributed by atoms with Crippen LogP contribution >= 0.6 is 47.8 Å². The zero-order chi connectivity index (χ0) is 40.7. The fourth-order valence-electron chi connectivity index (χ4n) is 7.43. The number of amides is 2. The summed E-state index contributed by atoms with van der Waals surface area (Å²) in [5.41, 5.74) is -1.43. The van der Waals surface area contributed by atoms with Gasteiger partial charge in [0.25, 0.3) is 0 Å². The van der Waals surface area contributed by atoms with Gasteiger partial charge in [0.1, 0.15) is 27.2 Å². The molecule has 15 heteroatoms. The van der Waals surface area contributed by atoms with Gasteiger partial charge >= 0.3 is 12.2 Å². The zero-order valence-corrected chi connectivity index (χ0v) is 37.5. The number of halogens is 3. The van der Waals surface area contributed by atoms with E-state index in [2.05, 4.69) is 80.7 Å². The number of aliphatic hydroxyl groups is 1. The molecule has 12 nitrogen and oxygen atoms in total. The molecule has 0 spiro atoms. The highest BCUT2D eigenvalue weighted by molar-refractivity contribution is 9.11. The third kappa shape index (κ3) is 13.2. The molecule has 2 aromatic rings. The quantitative estimate of drug-likeness (QED) is 0.234. The molecular weight excluding hydrogens is 912 g/mol. The molecule has 2 aromatic heterocycles. The van der Waals surface area contributed by atoms with Crippen LogP contribution in [0.2, 0.25) is 0 Å². The molecule has 2 amide bonds. The van der Waals surface area contributed by atoms with E-state index in [1.165, 1.54) is 0 Å². The van der Waals surface area contributed by atoms with Crippen molar-refractivity contribution in [1.82, 2.24) is 29.6 Å². The molecule has 4 saturated heterocycles. The lowest BCUT2D eigenvalue weighted by molar-refractivity contribution is -0.163. The molecule has 1 N–H and O–H groups in total. The molecule has 310 valence electrons. The summed E-state index contributed by atoms with van der Waals surface area (Å²) in [6, 6.07) is 7.58. The maximum absolute atomic E-state index is 12.6. The summed E-state index contributed by atoms with van der Waals surface area (Å²) in [6.07, 6.45) is 6.56. The standard InChI is InChI=1S/C20H28BrN3O3.C15H24N2O3.C5H3Br2N.CH4/c1-5-8-23-10-14-12-24(18(25)27-19(2,3)4)13-15(11-23)20(14,26)17-7-6-16(21)9-22-17;1-5-6-16-7-11-9-17(10-12(8-16)13(11)18)14(19)20-15(2,3)4;6-4-1-2-5(7)8-3-4;/h5-7,9,14-15,26H,1,8,10-13H2,2-4H3;5,11-12H,1,6-10H2,2-4H3;1-3H;1H4. The minimum atomic E-state index is -1.06. The number of Topliss-reactive ketones (excluding diaryl/α,β-unsaturated/α-hetero) is 1. The van der Waals surface area contributed by atoms with E-state index in [1.54, 1.807) is 22.2 Å². The van der Waals surface area contributed by atoms with E-state index in [4.69, 9.17) is 9.47 Å². The molecule has 0 saturated carbocycles. The number of ketones is 1. The Morgan fingerprint density at radius 1 is 0.750 bits per heavy atom. The van der Waals surface area contributed by atoms with Crippen molar-refractivity contribution >= 4 is 65.8 Å². The highest BCUT2D eigenvalue weighted by atomic mass is 79.9. The molecule has 6 rings (SSSR count). The van der Waals surface area contributed by atoms with Crippen LogP contribution in [0.25, 0.3) is 0 Å². The van der Waals surface area contributed by atoms with Crippen LogP contribution < -0.4 is 0 Å². The minimum Gasteiger partial charge on any atom is -0.444 e. The highest BCUT2D eigenvalue weighted by Crippen LogP contribution is 2.45. The topological polar surface area (TPSA) is 129 Å². The molecule has 6 heterocycles. The summed E-state index contributed by atoms with van der Waals surface area (Å²) in [6.45, 7) is 24.9. The molecule has 4 bridgehead atoms. The molecule has 4 atom stereocenters. The fourth-order valence-corrected chi connectivity index (χ4v) is 8.13. The summed E-state index contributed by atoms with van der Waals surface area (Å²) in [5, 5.41) is 11.7. The van der Waals surface area contributed by atoms with Gasteiger partial charge in [-0.1, -0.05) is 19.6 Å². The van der Waals surface area contributed by atoms with E-state index in [9.17, 15) is 19.5 Å². The van der Waals surface area contributed by atoms with Crippen LogP contribution in [-0.4, -0.2) is 129 Å². The Kier molecular flexibility index (Phi) is 17.3. The first-order chi connectivity index (χ1) is 25.7. The first kappa shape index (κ1) is 47.7. The summed E-state index contributed by atoms with van der Waals surface area (Å²) < 4.78 is 13.7. The Hall–Kier alpha value is -2.69. The molecule has 4 fully saturated rings. The van der Waals surface area contributed by atoms with Gasteiger partial charge in [-0.25, -0.2) is 14.6 Å². The minimum absolute atomic E-state index is 0. The lowest BCUT2D eigenvalue weighted by Gasteiger charge is -2.55. The molecule has 4 aliphatic heterocycles. The molecule has 0 aliphatic carbocycles. The predicted octanol–water partition coefficient (Wildman–Crippen LogP) is 7.80. The maximum atomic E-state index is 12.6. The van der Waals surface area contributed by atoms with Crippen LogP contribution in [0.1, 0.15) is 54.7 Å². The van der Waals surface area contributed by atoms with Gasteiger partial charge in [0, 0.05) is 110 Å². The van der Waals surface area contributed by atoms with Gasteiger partial charge in [-0.3, -0.25) is 19.6 Å². The lowest BCUT2D eigenvalue weighted by Crippen LogP contribution is -2.66. The number of pyridine rings is 2. The van der Waals surface area contributed by atoms with Crippen molar-refractivity contribution in [3.05, 3.63) is 81.2 Å². The van der Waals surface area contributed by atoms with Crippen molar-refractivity contribution in [2.45, 2.75) is 65.8 Å². The molecule has 4 aliphatic rings. The monoisotopic (exact) mass is 968 g/mol. The molecule has 4 unspecified atom stereocenters. The largest absolute Gasteiger partial charge is 0.444 e. The number of rotatable bonds is 5. The average Bonchev–Trinajstić information content (AvgIpc) is 3.06. The smallest absolute Gasteiger partial charge is 0.410 e. The summed E-state index contributed by atoms with van der Waals surface area (Å²) in [7, 11) is 0. The Morgan fingerprint density at radius 3 is 1.55 bits per heavy atom. The van der Waals surface area contributed by atoms with Crippen LogP contribution in [0.15, 0.2) is 75.5 Å². The van der Waals surface area contributed by atoms with E-state index < -0.39 is 16.8 Å². The third-order valence-electron chi connectivity index (χ3n) is 9.63. The third-order valence-corrected chi connectivity index (χ3v) is 11.0. The first-order valence-electron chi connectivity index (χ1n) is 18.5. The second kappa shape index (κ2) is 20.3. The lowest BCUT2D eigenvalue weighted by atomic mass is 9.68. The van der Waals surface area contributed by atoms with Crippen LogP contribution in [0.3, 0.4) is 0 Å². The van der Waals surface area contributed by atoms with Crippen molar-refractivity contribution in [3.63, 3.8) is 0 Å². The number of hydrogen-bond donors (Lipinski definition) is 1. The van der Waals surface area contributed by atoms with Gasteiger partial charge in [0.15, 0.2) is 0 Å². The van der Waals surface area contributed by atoms with E-state index in [0.29, 0.717) is 63.8 Å². The highest BCUT2D eigenvalue weighted by Gasteiger charge is 2.55. The number of aromatic nitrogens is 2. The van der Waals surface area contributed by atoms with Crippen molar-refractivity contribution in [2.24, 2.45) is 23.7 Å². The Labute approximate surface area is 358 Å².